The van der Waals surface area contributed by atoms with E-state index >= 15 is 0 Å². The van der Waals surface area contributed by atoms with Gasteiger partial charge in [0, 0.05) is 12.4 Å². The van der Waals surface area contributed by atoms with Crippen molar-refractivity contribution in [3.63, 3.8) is 0 Å². The zero-order valence-corrected chi connectivity index (χ0v) is 7.34. The van der Waals surface area contributed by atoms with Crippen LogP contribution >= 0.6 is 0 Å². The third-order valence-corrected chi connectivity index (χ3v) is 2.59. The van der Waals surface area contributed by atoms with Crippen molar-refractivity contribution in [2.45, 2.75) is 19.3 Å². The smallest absolute Gasteiger partial charge is 0.00374 e. The Morgan fingerprint density at radius 3 is 3.17 bits per heavy atom. The van der Waals surface area contributed by atoms with Crippen molar-refractivity contribution in [2.75, 3.05) is 13.1 Å². The molecule has 2 N–H and O–H groups in total. The number of aromatic amines is 1. The fraction of sp³-hybridized carbons (Fsp3) is 0.600. The Morgan fingerprint density at radius 2 is 2.50 bits per heavy atom. The summed E-state index contributed by atoms with van der Waals surface area (Å²) in [5.41, 5.74) is 1.45. The van der Waals surface area contributed by atoms with Crippen LogP contribution in [0.2, 0.25) is 0 Å². The Morgan fingerprint density at radius 1 is 1.50 bits per heavy atom. The molecule has 2 heteroatoms. The maximum absolute atomic E-state index is 3.44. The molecule has 0 saturated carbocycles. The Bertz CT molecular complexity index is 210. The van der Waals surface area contributed by atoms with E-state index < -0.39 is 0 Å². The maximum Gasteiger partial charge on any atom is 0.00374 e. The van der Waals surface area contributed by atoms with Crippen LogP contribution in [-0.4, -0.2) is 18.1 Å². The largest absolute Gasteiger partial charge is 0.367 e. The summed E-state index contributed by atoms with van der Waals surface area (Å²) in [7, 11) is 0. The van der Waals surface area contributed by atoms with Gasteiger partial charge in [0.2, 0.25) is 0 Å². The molecule has 1 saturated heterocycles. The monoisotopic (exact) mass is 164 g/mol. The van der Waals surface area contributed by atoms with Crippen molar-refractivity contribution < 1.29 is 0 Å². The highest BCUT2D eigenvalue weighted by molar-refractivity contribution is 5.09. The number of piperidine rings is 1. The molecule has 0 spiro atoms. The van der Waals surface area contributed by atoms with Gasteiger partial charge in [-0.05, 0) is 49.9 Å². The molecule has 1 atom stereocenters. The molecule has 2 rings (SSSR count). The number of nitrogens with one attached hydrogen (secondary N) is 2. The van der Waals surface area contributed by atoms with Gasteiger partial charge in [0.25, 0.3) is 0 Å². The molecule has 12 heavy (non-hydrogen) atoms. The van der Waals surface area contributed by atoms with Crippen LogP contribution in [0.5, 0.6) is 0 Å². The van der Waals surface area contributed by atoms with Gasteiger partial charge in [-0.3, -0.25) is 0 Å². The second kappa shape index (κ2) is 3.76. The van der Waals surface area contributed by atoms with E-state index in [2.05, 4.69) is 22.6 Å². The fourth-order valence-electron chi connectivity index (χ4n) is 1.92. The van der Waals surface area contributed by atoms with E-state index in [9.17, 15) is 0 Å². The first-order valence-corrected chi connectivity index (χ1v) is 4.77. The Hall–Kier alpha value is -0.760. The van der Waals surface area contributed by atoms with E-state index in [1.54, 1.807) is 0 Å². The summed E-state index contributed by atoms with van der Waals surface area (Å²) in [6, 6.07) is 2.18. The molecular weight excluding hydrogens is 148 g/mol. The van der Waals surface area contributed by atoms with E-state index in [4.69, 9.17) is 0 Å². The summed E-state index contributed by atoms with van der Waals surface area (Å²) in [5.74, 6) is 0.856. The van der Waals surface area contributed by atoms with Crippen molar-refractivity contribution in [1.29, 1.82) is 0 Å². The van der Waals surface area contributed by atoms with Crippen molar-refractivity contribution in [3.05, 3.63) is 24.0 Å². The third kappa shape index (κ3) is 1.89. The number of hydrogen-bond donors (Lipinski definition) is 2. The minimum absolute atomic E-state index is 0.856. The van der Waals surface area contributed by atoms with E-state index in [-0.39, 0.29) is 0 Å². The Kier molecular flexibility index (Phi) is 2.47. The van der Waals surface area contributed by atoms with Crippen LogP contribution in [0.25, 0.3) is 0 Å². The Balaban J connectivity index is 1.86. The van der Waals surface area contributed by atoms with E-state index in [0.29, 0.717) is 0 Å². The molecule has 1 unspecified atom stereocenters. The molecule has 0 aliphatic carbocycles. The SMILES string of the molecule is c1cc(CC2CCCNC2)c[nH]1. The number of hydrogen-bond acceptors (Lipinski definition) is 1. The number of aromatic nitrogens is 1. The standard InChI is InChI=1S/C10H16N2/c1-2-9(7-11-4-1)6-10-3-5-12-8-10/h3,5,8-9,11-12H,1-2,4,6-7H2. The molecule has 1 fully saturated rings. The summed E-state index contributed by atoms with van der Waals surface area (Å²) >= 11 is 0. The molecule has 1 aliphatic heterocycles. The third-order valence-electron chi connectivity index (χ3n) is 2.59. The molecular formula is C10H16N2. The summed E-state index contributed by atoms with van der Waals surface area (Å²) in [4.78, 5) is 3.10. The summed E-state index contributed by atoms with van der Waals surface area (Å²) in [5, 5.41) is 3.44. The van der Waals surface area contributed by atoms with Gasteiger partial charge in [-0.1, -0.05) is 0 Å². The molecule has 0 radical (unpaired) electrons. The lowest BCUT2D eigenvalue weighted by Gasteiger charge is -2.21. The quantitative estimate of drug-likeness (QED) is 0.682. The molecule has 0 bridgehead atoms. The van der Waals surface area contributed by atoms with Gasteiger partial charge in [-0.2, -0.15) is 0 Å². The zero-order chi connectivity index (χ0) is 8.23. The average Bonchev–Trinajstić information content (AvgIpc) is 2.59. The molecule has 0 amide bonds. The highest BCUT2D eigenvalue weighted by Crippen LogP contribution is 2.15. The van der Waals surface area contributed by atoms with E-state index in [1.165, 1.54) is 37.9 Å². The molecule has 2 heterocycles. The van der Waals surface area contributed by atoms with Gasteiger partial charge in [0.1, 0.15) is 0 Å². The molecule has 1 aliphatic rings. The van der Waals surface area contributed by atoms with Crippen LogP contribution in [0.1, 0.15) is 18.4 Å². The first-order chi connectivity index (χ1) is 5.95. The van der Waals surface area contributed by atoms with Crippen molar-refractivity contribution in [3.8, 4) is 0 Å². The predicted molar refractivity (Wildman–Crippen MR) is 50.1 cm³/mol. The first-order valence-electron chi connectivity index (χ1n) is 4.77. The van der Waals surface area contributed by atoms with Crippen LogP contribution in [0.15, 0.2) is 18.5 Å². The van der Waals surface area contributed by atoms with Crippen molar-refractivity contribution >= 4 is 0 Å². The van der Waals surface area contributed by atoms with E-state index in [0.717, 1.165) is 5.92 Å². The second-order valence-corrected chi connectivity index (χ2v) is 3.64. The molecule has 1 aromatic rings. The fourth-order valence-corrected chi connectivity index (χ4v) is 1.92. The van der Waals surface area contributed by atoms with Crippen LogP contribution in [0.4, 0.5) is 0 Å². The van der Waals surface area contributed by atoms with Gasteiger partial charge in [0.05, 0.1) is 0 Å². The lowest BCUT2D eigenvalue weighted by atomic mass is 9.93. The molecule has 0 aromatic carbocycles. The van der Waals surface area contributed by atoms with Gasteiger partial charge in [-0.15, -0.1) is 0 Å². The van der Waals surface area contributed by atoms with Gasteiger partial charge in [-0.25, -0.2) is 0 Å². The van der Waals surface area contributed by atoms with Gasteiger partial charge >= 0.3 is 0 Å². The molecule has 66 valence electrons. The number of rotatable bonds is 2. The maximum atomic E-state index is 3.44. The summed E-state index contributed by atoms with van der Waals surface area (Å²) in [6.07, 6.45) is 8.07. The minimum Gasteiger partial charge on any atom is -0.367 e. The van der Waals surface area contributed by atoms with Crippen LogP contribution < -0.4 is 5.32 Å². The highest BCUT2D eigenvalue weighted by Gasteiger charge is 2.12. The van der Waals surface area contributed by atoms with Gasteiger partial charge < -0.3 is 10.3 Å². The van der Waals surface area contributed by atoms with Gasteiger partial charge in [0.15, 0.2) is 0 Å². The van der Waals surface area contributed by atoms with E-state index in [1.807, 2.05) is 6.20 Å². The van der Waals surface area contributed by atoms with Crippen LogP contribution in [0.3, 0.4) is 0 Å². The lowest BCUT2D eigenvalue weighted by Crippen LogP contribution is -2.30. The van der Waals surface area contributed by atoms with Crippen molar-refractivity contribution in [1.82, 2.24) is 10.3 Å². The van der Waals surface area contributed by atoms with Crippen LogP contribution in [-0.2, 0) is 6.42 Å². The molecule has 1 aromatic heterocycles. The number of H-pyrrole nitrogens is 1. The highest BCUT2D eigenvalue weighted by atomic mass is 14.9. The summed E-state index contributed by atoms with van der Waals surface area (Å²) in [6.45, 7) is 2.41. The van der Waals surface area contributed by atoms with Crippen LogP contribution in [0, 0.1) is 5.92 Å². The Labute approximate surface area is 73.4 Å². The topological polar surface area (TPSA) is 27.8 Å². The normalized spacial score (nSPS) is 24.2. The zero-order valence-electron chi connectivity index (χ0n) is 7.34. The summed E-state index contributed by atoms with van der Waals surface area (Å²) < 4.78 is 0. The molecule has 2 nitrogen and oxygen atoms in total. The first kappa shape index (κ1) is 7.87. The van der Waals surface area contributed by atoms with Crippen molar-refractivity contribution in [2.24, 2.45) is 5.92 Å². The lowest BCUT2D eigenvalue weighted by molar-refractivity contribution is 0.376. The minimum atomic E-state index is 0.856. The second-order valence-electron chi connectivity index (χ2n) is 3.64. The average molecular weight is 164 g/mol. The predicted octanol–water partition coefficient (Wildman–Crippen LogP) is 1.56.